The summed E-state index contributed by atoms with van der Waals surface area (Å²) < 4.78 is 7.04. The largest absolute Gasteiger partial charge is 0.383 e. The zero-order valence-corrected chi connectivity index (χ0v) is 16.9. The van der Waals surface area contributed by atoms with Crippen molar-refractivity contribution in [1.82, 2.24) is 24.8 Å². The predicted octanol–water partition coefficient (Wildman–Crippen LogP) is 1.20. The Bertz CT molecular complexity index is 877. The van der Waals surface area contributed by atoms with Gasteiger partial charge in [0, 0.05) is 63.4 Å². The minimum Gasteiger partial charge on any atom is -0.383 e. The Balaban J connectivity index is 1.50. The molecule has 2 fully saturated rings. The van der Waals surface area contributed by atoms with E-state index in [1.165, 1.54) is 0 Å². The van der Waals surface area contributed by atoms with Gasteiger partial charge >= 0.3 is 0 Å². The lowest BCUT2D eigenvalue weighted by atomic mass is 9.96. The molecule has 2 atom stereocenters. The molecule has 2 aliphatic rings. The van der Waals surface area contributed by atoms with Crippen LogP contribution in [-0.2, 0) is 26.8 Å². The van der Waals surface area contributed by atoms with E-state index < -0.39 is 5.92 Å². The summed E-state index contributed by atoms with van der Waals surface area (Å²) in [6, 6.07) is 5.50. The minimum absolute atomic E-state index is 0.0407. The van der Waals surface area contributed by atoms with Crippen molar-refractivity contribution < 1.29 is 14.3 Å². The standard InChI is InChI=1S/C21H27N5O3/c1-25-10-9-23-19(25)18-15(13-17(27)26(18)11-12-29-2)20(28)24-14-21(6-7-21)16-5-3-4-8-22-16/h3-5,8-10,15,18H,6-7,11-14H2,1-2H3,(H,24,28)/t15-,18-/m0/s1. The van der Waals surface area contributed by atoms with Gasteiger partial charge in [-0.05, 0) is 25.0 Å². The molecule has 1 aliphatic carbocycles. The van der Waals surface area contributed by atoms with Crippen LogP contribution in [0.25, 0.3) is 0 Å². The fourth-order valence-corrected chi connectivity index (χ4v) is 4.20. The number of ether oxygens (including phenoxy) is 1. The third kappa shape index (κ3) is 3.76. The average molecular weight is 397 g/mol. The van der Waals surface area contributed by atoms with Gasteiger partial charge in [-0.3, -0.25) is 14.6 Å². The quantitative estimate of drug-likeness (QED) is 0.723. The molecular weight excluding hydrogens is 370 g/mol. The number of aryl methyl sites for hydroxylation is 1. The zero-order chi connectivity index (χ0) is 20.4. The van der Waals surface area contributed by atoms with Crippen molar-refractivity contribution in [3.63, 3.8) is 0 Å². The number of nitrogens with one attached hydrogen (secondary N) is 1. The van der Waals surface area contributed by atoms with Gasteiger partial charge in [0.05, 0.1) is 12.5 Å². The number of carbonyl (C=O) groups excluding carboxylic acids is 2. The van der Waals surface area contributed by atoms with Crippen molar-refractivity contribution in [2.45, 2.75) is 30.7 Å². The number of hydrogen-bond donors (Lipinski definition) is 1. The SMILES string of the molecule is COCCN1C(=O)C[C@H](C(=O)NCC2(c3ccccn3)CC2)[C@H]1c1nccn1C. The average Bonchev–Trinajstić information content (AvgIpc) is 3.31. The molecule has 2 aromatic heterocycles. The smallest absolute Gasteiger partial charge is 0.226 e. The van der Waals surface area contributed by atoms with Gasteiger partial charge < -0.3 is 19.5 Å². The first-order valence-electron chi connectivity index (χ1n) is 10.0. The Morgan fingerprint density at radius 1 is 1.31 bits per heavy atom. The lowest BCUT2D eigenvalue weighted by molar-refractivity contribution is -0.129. The van der Waals surface area contributed by atoms with Crippen LogP contribution < -0.4 is 5.32 Å². The van der Waals surface area contributed by atoms with E-state index in [0.717, 1.165) is 24.4 Å². The lowest BCUT2D eigenvalue weighted by Crippen LogP contribution is -2.40. The third-order valence-electron chi connectivity index (χ3n) is 6.09. The van der Waals surface area contributed by atoms with E-state index >= 15 is 0 Å². The van der Waals surface area contributed by atoms with E-state index in [1.54, 1.807) is 24.4 Å². The molecule has 0 unspecified atom stereocenters. The first-order chi connectivity index (χ1) is 14.1. The molecule has 1 saturated heterocycles. The molecule has 4 rings (SSSR count). The fraction of sp³-hybridized carbons (Fsp3) is 0.524. The number of amides is 2. The Morgan fingerprint density at radius 3 is 2.76 bits per heavy atom. The molecular formula is C21H27N5O3. The number of likely N-dealkylation sites (tertiary alicyclic amines) is 1. The summed E-state index contributed by atoms with van der Waals surface area (Å²) in [5, 5.41) is 3.11. The molecule has 29 heavy (non-hydrogen) atoms. The van der Waals surface area contributed by atoms with Crippen LogP contribution in [0.15, 0.2) is 36.8 Å². The van der Waals surface area contributed by atoms with Crippen molar-refractivity contribution in [2.75, 3.05) is 26.8 Å². The van der Waals surface area contributed by atoms with Crippen molar-refractivity contribution >= 4 is 11.8 Å². The van der Waals surface area contributed by atoms with Gasteiger partial charge in [-0.2, -0.15) is 0 Å². The second-order valence-electron chi connectivity index (χ2n) is 7.94. The third-order valence-corrected chi connectivity index (χ3v) is 6.09. The van der Waals surface area contributed by atoms with Crippen LogP contribution in [0.4, 0.5) is 0 Å². The van der Waals surface area contributed by atoms with Crippen molar-refractivity contribution in [2.24, 2.45) is 13.0 Å². The molecule has 1 aliphatic heterocycles. The molecule has 2 amide bonds. The summed E-state index contributed by atoms with van der Waals surface area (Å²) in [5.41, 5.74) is 0.943. The monoisotopic (exact) mass is 397 g/mol. The van der Waals surface area contributed by atoms with E-state index in [9.17, 15) is 9.59 Å². The number of rotatable bonds is 8. The first kappa shape index (κ1) is 19.6. The van der Waals surface area contributed by atoms with Crippen LogP contribution in [0.2, 0.25) is 0 Å². The maximum absolute atomic E-state index is 13.2. The summed E-state index contributed by atoms with van der Waals surface area (Å²) in [5.74, 6) is 0.104. The maximum Gasteiger partial charge on any atom is 0.226 e. The van der Waals surface area contributed by atoms with Gasteiger partial charge in [0.15, 0.2) is 0 Å². The topological polar surface area (TPSA) is 89.3 Å². The van der Waals surface area contributed by atoms with E-state index in [2.05, 4.69) is 15.3 Å². The Morgan fingerprint density at radius 2 is 2.14 bits per heavy atom. The summed E-state index contributed by atoms with van der Waals surface area (Å²) >= 11 is 0. The van der Waals surface area contributed by atoms with Crippen LogP contribution >= 0.6 is 0 Å². The second-order valence-corrected chi connectivity index (χ2v) is 7.94. The van der Waals surface area contributed by atoms with Gasteiger partial charge in [-0.1, -0.05) is 6.07 Å². The van der Waals surface area contributed by atoms with E-state index in [-0.39, 0.29) is 29.7 Å². The normalized spacial score (nSPS) is 22.7. The van der Waals surface area contributed by atoms with Crippen molar-refractivity contribution in [1.29, 1.82) is 0 Å². The molecule has 0 bridgehead atoms. The van der Waals surface area contributed by atoms with Crippen molar-refractivity contribution in [3.05, 3.63) is 48.3 Å². The number of aromatic nitrogens is 3. The maximum atomic E-state index is 13.2. The van der Waals surface area contributed by atoms with Gasteiger partial charge in [-0.25, -0.2) is 4.98 Å². The molecule has 1 N–H and O–H groups in total. The predicted molar refractivity (Wildman–Crippen MR) is 106 cm³/mol. The number of imidazole rings is 1. The molecule has 2 aromatic rings. The van der Waals surface area contributed by atoms with Gasteiger partial charge in [0.2, 0.25) is 11.8 Å². The van der Waals surface area contributed by atoms with Gasteiger partial charge in [-0.15, -0.1) is 0 Å². The zero-order valence-electron chi connectivity index (χ0n) is 16.9. The number of nitrogens with zero attached hydrogens (tertiary/aromatic N) is 4. The molecule has 0 radical (unpaired) electrons. The van der Waals surface area contributed by atoms with Crippen LogP contribution in [0, 0.1) is 5.92 Å². The summed E-state index contributed by atoms with van der Waals surface area (Å²) in [6.45, 7) is 1.40. The number of methoxy groups -OCH3 is 1. The molecule has 1 saturated carbocycles. The minimum atomic E-state index is -0.472. The summed E-state index contributed by atoms with van der Waals surface area (Å²) in [7, 11) is 3.49. The van der Waals surface area contributed by atoms with Crippen LogP contribution in [0.1, 0.15) is 36.8 Å². The van der Waals surface area contributed by atoms with E-state index in [4.69, 9.17) is 4.74 Å². The molecule has 3 heterocycles. The summed E-state index contributed by atoms with van der Waals surface area (Å²) in [4.78, 5) is 36.5. The fourth-order valence-electron chi connectivity index (χ4n) is 4.20. The van der Waals surface area contributed by atoms with E-state index in [0.29, 0.717) is 19.7 Å². The highest BCUT2D eigenvalue weighted by Gasteiger charge is 2.49. The van der Waals surface area contributed by atoms with Crippen LogP contribution in [-0.4, -0.2) is 58.1 Å². The number of hydrogen-bond acceptors (Lipinski definition) is 5. The van der Waals surface area contributed by atoms with E-state index in [1.807, 2.05) is 36.0 Å². The second kappa shape index (κ2) is 7.94. The molecule has 8 heteroatoms. The summed E-state index contributed by atoms with van der Waals surface area (Å²) in [6.07, 6.45) is 7.53. The molecule has 8 nitrogen and oxygen atoms in total. The first-order valence-corrected chi connectivity index (χ1v) is 10.0. The van der Waals surface area contributed by atoms with Crippen LogP contribution in [0.5, 0.6) is 0 Å². The highest BCUT2D eigenvalue weighted by molar-refractivity contribution is 5.90. The molecule has 154 valence electrons. The Kier molecular flexibility index (Phi) is 5.36. The van der Waals surface area contributed by atoms with Crippen molar-refractivity contribution in [3.8, 4) is 0 Å². The number of carbonyl (C=O) groups is 2. The highest BCUT2D eigenvalue weighted by Crippen LogP contribution is 2.47. The lowest BCUT2D eigenvalue weighted by Gasteiger charge is -2.27. The molecule has 0 aromatic carbocycles. The number of pyridine rings is 1. The highest BCUT2D eigenvalue weighted by atomic mass is 16.5. The molecule has 0 spiro atoms. The Labute approximate surface area is 170 Å². The Hall–Kier alpha value is -2.74. The van der Waals surface area contributed by atoms with Gasteiger partial charge in [0.1, 0.15) is 11.9 Å². The van der Waals surface area contributed by atoms with Crippen LogP contribution in [0.3, 0.4) is 0 Å². The van der Waals surface area contributed by atoms with Gasteiger partial charge in [0.25, 0.3) is 0 Å².